The number of aromatic nitrogens is 2. The Morgan fingerprint density at radius 1 is 1.14 bits per heavy atom. The first kappa shape index (κ1) is 18.2. The van der Waals surface area contributed by atoms with Crippen molar-refractivity contribution in [2.24, 2.45) is 0 Å². The van der Waals surface area contributed by atoms with Gasteiger partial charge in [-0.2, -0.15) is 5.10 Å². The molecule has 2 aromatic carbocycles. The lowest BCUT2D eigenvalue weighted by Gasteiger charge is -2.11. The minimum Gasteiger partial charge on any atom is -0.492 e. The molecule has 0 aliphatic carbocycles. The summed E-state index contributed by atoms with van der Waals surface area (Å²) in [4.78, 5) is 12.4. The number of ether oxygens (including phenoxy) is 3. The fourth-order valence-corrected chi connectivity index (χ4v) is 2.99. The van der Waals surface area contributed by atoms with Gasteiger partial charge < -0.3 is 19.5 Å². The van der Waals surface area contributed by atoms with Gasteiger partial charge in [0, 0.05) is 12.6 Å². The molecule has 1 aromatic heterocycles. The molecule has 0 atom stereocenters. The molecule has 0 amide bonds. The fourth-order valence-electron chi connectivity index (χ4n) is 2.78. The summed E-state index contributed by atoms with van der Waals surface area (Å²) in [7, 11) is 0. The molecular formula is C20H18ClN3O4. The van der Waals surface area contributed by atoms with Gasteiger partial charge in [-0.05, 0) is 17.7 Å². The van der Waals surface area contributed by atoms with Crippen molar-refractivity contribution in [3.05, 3.63) is 75.7 Å². The van der Waals surface area contributed by atoms with E-state index in [1.807, 2.05) is 36.4 Å². The quantitative estimate of drug-likeness (QED) is 0.615. The van der Waals surface area contributed by atoms with Gasteiger partial charge in [-0.3, -0.25) is 4.79 Å². The number of nitrogens with zero attached hydrogens (tertiary/aromatic N) is 2. The maximum absolute atomic E-state index is 12.4. The van der Waals surface area contributed by atoms with Crippen LogP contribution in [-0.4, -0.2) is 29.7 Å². The molecule has 0 fully saturated rings. The normalized spacial score (nSPS) is 12.0. The van der Waals surface area contributed by atoms with Crippen molar-refractivity contribution in [1.82, 2.24) is 9.78 Å². The van der Waals surface area contributed by atoms with Crippen LogP contribution in [0, 0.1) is 0 Å². The van der Waals surface area contributed by atoms with E-state index in [1.165, 1.54) is 4.68 Å². The molecule has 1 aliphatic rings. The van der Waals surface area contributed by atoms with Gasteiger partial charge in [0.25, 0.3) is 5.56 Å². The van der Waals surface area contributed by atoms with Gasteiger partial charge in [-0.25, -0.2) is 4.68 Å². The van der Waals surface area contributed by atoms with E-state index in [0.717, 1.165) is 5.56 Å². The summed E-state index contributed by atoms with van der Waals surface area (Å²) < 4.78 is 17.6. The maximum Gasteiger partial charge on any atom is 0.287 e. The van der Waals surface area contributed by atoms with Gasteiger partial charge in [0.2, 0.25) is 6.79 Å². The highest BCUT2D eigenvalue weighted by Crippen LogP contribution is 2.35. The van der Waals surface area contributed by atoms with Crippen molar-refractivity contribution in [2.75, 3.05) is 25.3 Å². The van der Waals surface area contributed by atoms with Crippen molar-refractivity contribution in [3.63, 3.8) is 0 Å². The average molecular weight is 400 g/mol. The fraction of sp³-hybridized carbons (Fsp3) is 0.200. The van der Waals surface area contributed by atoms with Crippen molar-refractivity contribution < 1.29 is 14.2 Å². The number of benzene rings is 2. The first-order chi connectivity index (χ1) is 13.7. The molecule has 2 heterocycles. The lowest BCUT2D eigenvalue weighted by atomic mass is 10.2. The van der Waals surface area contributed by atoms with Crippen LogP contribution >= 0.6 is 11.6 Å². The highest BCUT2D eigenvalue weighted by molar-refractivity contribution is 6.32. The third-order valence-electron chi connectivity index (χ3n) is 4.19. The summed E-state index contributed by atoms with van der Waals surface area (Å²) in [6, 6.07) is 15.0. The van der Waals surface area contributed by atoms with Gasteiger partial charge in [0.15, 0.2) is 11.5 Å². The SMILES string of the molecule is O=c1c(Cl)c(NCCOc2ccc3c(c2)OCO3)cnn1Cc1ccccc1. The second-order valence-electron chi connectivity index (χ2n) is 6.11. The van der Waals surface area contributed by atoms with E-state index in [0.29, 0.717) is 42.6 Å². The molecule has 1 N–H and O–H groups in total. The third-order valence-corrected chi connectivity index (χ3v) is 4.56. The summed E-state index contributed by atoms with van der Waals surface area (Å²) in [5.41, 5.74) is 1.11. The summed E-state index contributed by atoms with van der Waals surface area (Å²) in [5, 5.41) is 7.38. The average Bonchev–Trinajstić information content (AvgIpc) is 3.19. The van der Waals surface area contributed by atoms with Crippen LogP contribution in [0.25, 0.3) is 0 Å². The largest absolute Gasteiger partial charge is 0.492 e. The van der Waals surface area contributed by atoms with E-state index >= 15 is 0 Å². The lowest BCUT2D eigenvalue weighted by Crippen LogP contribution is -2.25. The monoisotopic (exact) mass is 399 g/mol. The first-order valence-electron chi connectivity index (χ1n) is 8.76. The smallest absolute Gasteiger partial charge is 0.287 e. The number of nitrogens with one attached hydrogen (secondary N) is 1. The van der Waals surface area contributed by atoms with Gasteiger partial charge >= 0.3 is 0 Å². The zero-order chi connectivity index (χ0) is 19.3. The third kappa shape index (κ3) is 4.04. The molecule has 8 heteroatoms. The van der Waals surface area contributed by atoms with E-state index < -0.39 is 0 Å². The second kappa shape index (κ2) is 8.22. The Balaban J connectivity index is 1.33. The van der Waals surface area contributed by atoms with Crippen LogP contribution in [0.1, 0.15) is 5.56 Å². The maximum atomic E-state index is 12.4. The van der Waals surface area contributed by atoms with Gasteiger partial charge in [-0.1, -0.05) is 41.9 Å². The second-order valence-corrected chi connectivity index (χ2v) is 6.49. The molecule has 0 spiro atoms. The summed E-state index contributed by atoms with van der Waals surface area (Å²) in [5.74, 6) is 2.05. The number of anilines is 1. The van der Waals surface area contributed by atoms with Crippen LogP contribution in [0.2, 0.25) is 5.02 Å². The van der Waals surface area contributed by atoms with Crippen LogP contribution in [0.15, 0.2) is 59.5 Å². The van der Waals surface area contributed by atoms with E-state index in [2.05, 4.69) is 10.4 Å². The molecule has 0 unspecified atom stereocenters. The predicted molar refractivity (Wildman–Crippen MR) is 106 cm³/mol. The zero-order valence-electron chi connectivity index (χ0n) is 14.9. The van der Waals surface area contributed by atoms with E-state index in [1.54, 1.807) is 18.3 Å². The predicted octanol–water partition coefficient (Wildman–Crippen LogP) is 3.16. The number of halogens is 1. The Kier molecular flexibility index (Phi) is 5.34. The molecule has 0 saturated carbocycles. The lowest BCUT2D eigenvalue weighted by molar-refractivity contribution is 0.174. The molecule has 3 aromatic rings. The number of rotatable bonds is 7. The Morgan fingerprint density at radius 3 is 2.82 bits per heavy atom. The molecule has 0 saturated heterocycles. The Labute approximate surface area is 166 Å². The minimum atomic E-state index is -0.341. The number of hydrogen-bond acceptors (Lipinski definition) is 6. The molecule has 28 heavy (non-hydrogen) atoms. The number of hydrogen-bond donors (Lipinski definition) is 1. The minimum absolute atomic E-state index is 0.106. The van der Waals surface area contributed by atoms with E-state index in [9.17, 15) is 4.79 Å². The Morgan fingerprint density at radius 2 is 1.96 bits per heavy atom. The molecule has 7 nitrogen and oxygen atoms in total. The summed E-state index contributed by atoms with van der Waals surface area (Å²) in [6.45, 7) is 1.43. The molecule has 144 valence electrons. The van der Waals surface area contributed by atoms with Crippen LogP contribution in [0.4, 0.5) is 5.69 Å². The van der Waals surface area contributed by atoms with Gasteiger partial charge in [0.1, 0.15) is 17.4 Å². The standard InChI is InChI=1S/C20H18ClN3O4/c21-19-16(11-23-24(20(19)25)12-14-4-2-1-3-5-14)22-8-9-26-15-6-7-17-18(10-15)28-13-27-17/h1-7,10-11,22H,8-9,12-13H2. The van der Waals surface area contributed by atoms with Crippen LogP contribution in [0.3, 0.4) is 0 Å². The Hall–Kier alpha value is -3.19. The summed E-state index contributed by atoms with van der Waals surface area (Å²) in [6.07, 6.45) is 1.55. The van der Waals surface area contributed by atoms with E-state index in [4.69, 9.17) is 25.8 Å². The van der Waals surface area contributed by atoms with Crippen LogP contribution < -0.4 is 25.1 Å². The van der Waals surface area contributed by atoms with Gasteiger partial charge in [-0.15, -0.1) is 0 Å². The summed E-state index contributed by atoms with van der Waals surface area (Å²) >= 11 is 6.22. The van der Waals surface area contributed by atoms with Crippen molar-refractivity contribution in [1.29, 1.82) is 0 Å². The van der Waals surface area contributed by atoms with Crippen molar-refractivity contribution in [3.8, 4) is 17.2 Å². The first-order valence-corrected chi connectivity index (χ1v) is 9.14. The van der Waals surface area contributed by atoms with Crippen LogP contribution in [0.5, 0.6) is 17.2 Å². The molecular weight excluding hydrogens is 382 g/mol. The molecule has 0 bridgehead atoms. The Bertz CT molecular complexity index is 1020. The van der Waals surface area contributed by atoms with Crippen molar-refractivity contribution in [2.45, 2.75) is 6.54 Å². The van der Waals surface area contributed by atoms with Gasteiger partial charge in [0.05, 0.1) is 18.4 Å². The highest BCUT2D eigenvalue weighted by Gasteiger charge is 2.14. The van der Waals surface area contributed by atoms with Crippen molar-refractivity contribution >= 4 is 17.3 Å². The topological polar surface area (TPSA) is 74.6 Å². The van der Waals surface area contributed by atoms with E-state index in [-0.39, 0.29) is 17.4 Å². The molecule has 0 radical (unpaired) electrons. The van der Waals surface area contributed by atoms with Crippen LogP contribution in [-0.2, 0) is 6.54 Å². The molecule has 1 aliphatic heterocycles. The molecule has 4 rings (SSSR count). The highest BCUT2D eigenvalue weighted by atomic mass is 35.5. The zero-order valence-corrected chi connectivity index (χ0v) is 15.7. The number of fused-ring (bicyclic) bond motifs is 1.